The van der Waals surface area contributed by atoms with E-state index in [2.05, 4.69) is 4.40 Å². The van der Waals surface area contributed by atoms with Crippen molar-refractivity contribution in [3.63, 3.8) is 0 Å². The third-order valence-corrected chi connectivity index (χ3v) is 4.40. The first-order valence-corrected chi connectivity index (χ1v) is 7.88. The zero-order valence-corrected chi connectivity index (χ0v) is 11.8. The molecule has 0 radical (unpaired) electrons. The van der Waals surface area contributed by atoms with Crippen LogP contribution >= 0.6 is 11.6 Å². The van der Waals surface area contributed by atoms with Crippen molar-refractivity contribution in [3.8, 4) is 0 Å². The summed E-state index contributed by atoms with van der Waals surface area (Å²) in [7, 11) is -3.47. The molecular weight excluding hydrogens is 303 g/mol. The molecule has 0 spiro atoms. The molecule has 1 aromatic rings. The maximum atomic E-state index is 13.5. The Bertz CT molecular complexity index is 748. The molecule has 1 aromatic carbocycles. The van der Waals surface area contributed by atoms with E-state index in [-0.39, 0.29) is 10.8 Å². The molecule has 0 aromatic heterocycles. The van der Waals surface area contributed by atoms with Crippen LogP contribution in [0.3, 0.4) is 0 Å². The smallest absolute Gasteiger partial charge is 0.256 e. The van der Waals surface area contributed by atoms with Crippen LogP contribution in [0.15, 0.2) is 40.9 Å². The first-order valence-electron chi connectivity index (χ1n) is 5.89. The molecule has 20 heavy (non-hydrogen) atoms. The van der Waals surface area contributed by atoms with Gasteiger partial charge in [0.1, 0.15) is 5.82 Å². The standard InChI is InChI=1S/C13H10ClFN2O2S/c14-10-6-9(7-11(15)8-10)12-2-1-3-17-4-5-20(18,19)16-13(12)17/h1-3,6-8H,4-5H2. The third kappa shape index (κ3) is 2.48. The number of fused-ring (bicyclic) bond motifs is 1. The molecular formula is C13H10ClFN2O2S. The Morgan fingerprint density at radius 1 is 1.30 bits per heavy atom. The van der Waals surface area contributed by atoms with Crippen LogP contribution in [0.25, 0.3) is 5.57 Å². The van der Waals surface area contributed by atoms with Crippen LogP contribution in [0.5, 0.6) is 0 Å². The van der Waals surface area contributed by atoms with Gasteiger partial charge in [-0.2, -0.15) is 0 Å². The van der Waals surface area contributed by atoms with Gasteiger partial charge in [0, 0.05) is 23.3 Å². The lowest BCUT2D eigenvalue weighted by Crippen LogP contribution is -2.37. The summed E-state index contributed by atoms with van der Waals surface area (Å²) in [4.78, 5) is 1.73. The van der Waals surface area contributed by atoms with E-state index in [1.165, 1.54) is 12.1 Å². The summed E-state index contributed by atoms with van der Waals surface area (Å²) in [5, 5.41) is 0.251. The van der Waals surface area contributed by atoms with Crippen molar-refractivity contribution in [2.24, 2.45) is 4.40 Å². The van der Waals surface area contributed by atoms with Gasteiger partial charge in [0.25, 0.3) is 10.0 Å². The van der Waals surface area contributed by atoms with Crippen LogP contribution in [0.4, 0.5) is 4.39 Å². The number of sulfonamides is 1. The van der Waals surface area contributed by atoms with Crippen LogP contribution in [-0.2, 0) is 10.0 Å². The second kappa shape index (κ2) is 4.71. The molecule has 4 nitrogen and oxygen atoms in total. The van der Waals surface area contributed by atoms with Crippen LogP contribution in [0.2, 0.25) is 5.02 Å². The van der Waals surface area contributed by atoms with Gasteiger partial charge in [-0.3, -0.25) is 0 Å². The number of rotatable bonds is 1. The van der Waals surface area contributed by atoms with Crippen LogP contribution in [0.1, 0.15) is 5.56 Å². The van der Waals surface area contributed by atoms with Crippen molar-refractivity contribution in [3.05, 3.63) is 53.0 Å². The molecule has 0 bridgehead atoms. The van der Waals surface area contributed by atoms with Crippen molar-refractivity contribution in [1.82, 2.24) is 4.90 Å². The van der Waals surface area contributed by atoms with E-state index in [1.807, 2.05) is 0 Å². The number of hydrogen-bond acceptors (Lipinski definition) is 3. The fourth-order valence-electron chi connectivity index (χ4n) is 2.15. The Morgan fingerprint density at radius 3 is 2.85 bits per heavy atom. The van der Waals surface area contributed by atoms with Gasteiger partial charge < -0.3 is 4.90 Å². The van der Waals surface area contributed by atoms with E-state index in [0.29, 0.717) is 23.5 Å². The quantitative estimate of drug-likeness (QED) is 0.800. The molecule has 0 amide bonds. The third-order valence-electron chi connectivity index (χ3n) is 3.03. The van der Waals surface area contributed by atoms with E-state index < -0.39 is 15.8 Å². The van der Waals surface area contributed by atoms with Gasteiger partial charge in [0.2, 0.25) is 0 Å². The minimum absolute atomic E-state index is 0.0297. The lowest BCUT2D eigenvalue weighted by Gasteiger charge is -2.29. The van der Waals surface area contributed by atoms with Crippen LogP contribution in [-0.4, -0.2) is 31.5 Å². The summed E-state index contributed by atoms with van der Waals surface area (Å²) in [5.74, 6) is -0.202. The highest BCUT2D eigenvalue weighted by Crippen LogP contribution is 2.27. The van der Waals surface area contributed by atoms with Crippen molar-refractivity contribution in [2.45, 2.75) is 0 Å². The minimum atomic E-state index is -3.47. The van der Waals surface area contributed by atoms with Gasteiger partial charge in [0.05, 0.1) is 5.75 Å². The monoisotopic (exact) mass is 312 g/mol. The average Bonchev–Trinajstić information content (AvgIpc) is 2.35. The first kappa shape index (κ1) is 13.3. The Labute approximate surface area is 120 Å². The molecule has 0 N–H and O–H groups in total. The number of amidine groups is 1. The second-order valence-electron chi connectivity index (χ2n) is 4.47. The highest BCUT2D eigenvalue weighted by Gasteiger charge is 2.27. The second-order valence-corrected chi connectivity index (χ2v) is 6.67. The van der Waals surface area contributed by atoms with Gasteiger partial charge in [0.15, 0.2) is 5.84 Å². The molecule has 2 aliphatic rings. The summed E-state index contributed by atoms with van der Waals surface area (Å²) in [5.41, 5.74) is 1.04. The van der Waals surface area contributed by atoms with Crippen molar-refractivity contribution in [2.75, 3.05) is 12.3 Å². The summed E-state index contributed by atoms with van der Waals surface area (Å²) in [6, 6.07) is 4.08. The van der Waals surface area contributed by atoms with E-state index in [4.69, 9.17) is 11.6 Å². The topological polar surface area (TPSA) is 49.7 Å². The van der Waals surface area contributed by atoms with E-state index >= 15 is 0 Å². The van der Waals surface area contributed by atoms with E-state index in [9.17, 15) is 12.8 Å². The summed E-state index contributed by atoms with van der Waals surface area (Å²) in [6.45, 7) is 0.331. The van der Waals surface area contributed by atoms with Crippen molar-refractivity contribution >= 4 is 33.0 Å². The maximum absolute atomic E-state index is 13.5. The molecule has 0 atom stereocenters. The van der Waals surface area contributed by atoms with Crippen LogP contribution < -0.4 is 0 Å². The predicted molar refractivity (Wildman–Crippen MR) is 76.5 cm³/mol. The summed E-state index contributed by atoms with van der Waals surface area (Å²) < 4.78 is 40.5. The highest BCUT2D eigenvalue weighted by molar-refractivity contribution is 7.90. The zero-order valence-electron chi connectivity index (χ0n) is 10.3. The Morgan fingerprint density at radius 2 is 2.10 bits per heavy atom. The van der Waals surface area contributed by atoms with Crippen LogP contribution in [0, 0.1) is 5.82 Å². The molecule has 2 heterocycles. The summed E-state index contributed by atoms with van der Waals surface area (Å²) >= 11 is 5.84. The lowest BCUT2D eigenvalue weighted by atomic mass is 10.0. The molecule has 3 rings (SSSR count). The molecule has 104 valence electrons. The molecule has 0 unspecified atom stereocenters. The molecule has 0 aliphatic carbocycles. The highest BCUT2D eigenvalue weighted by atomic mass is 35.5. The van der Waals surface area contributed by atoms with Crippen molar-refractivity contribution < 1.29 is 12.8 Å². The normalized spacial score (nSPS) is 20.2. The van der Waals surface area contributed by atoms with Gasteiger partial charge in [-0.25, -0.2) is 12.8 Å². The molecule has 0 saturated heterocycles. The number of benzene rings is 1. The fraction of sp³-hybridized carbons (Fsp3) is 0.154. The van der Waals surface area contributed by atoms with E-state index in [1.54, 1.807) is 29.3 Å². The Kier molecular flexibility index (Phi) is 3.14. The molecule has 0 saturated carbocycles. The lowest BCUT2D eigenvalue weighted by molar-refractivity contribution is 0.550. The van der Waals surface area contributed by atoms with Gasteiger partial charge in [-0.1, -0.05) is 11.6 Å². The zero-order chi connectivity index (χ0) is 14.3. The number of nitrogens with zero attached hydrogens (tertiary/aromatic N) is 2. The molecule has 7 heteroatoms. The number of allylic oxidation sites excluding steroid dienone is 2. The SMILES string of the molecule is O=S1(=O)CCN2C=CC=C(c3cc(F)cc(Cl)c3)C2=N1. The van der Waals surface area contributed by atoms with Gasteiger partial charge >= 0.3 is 0 Å². The largest absolute Gasteiger partial charge is 0.331 e. The Balaban J connectivity index is 2.15. The minimum Gasteiger partial charge on any atom is -0.331 e. The predicted octanol–water partition coefficient (Wildman–Crippen LogP) is 2.43. The summed E-state index contributed by atoms with van der Waals surface area (Å²) in [6.07, 6.45) is 5.21. The fourth-order valence-corrected chi connectivity index (χ4v) is 3.36. The molecule has 0 fully saturated rings. The first-order chi connectivity index (χ1) is 9.44. The maximum Gasteiger partial charge on any atom is 0.256 e. The van der Waals surface area contributed by atoms with Gasteiger partial charge in [-0.15, -0.1) is 4.40 Å². The van der Waals surface area contributed by atoms with E-state index in [0.717, 1.165) is 0 Å². The number of hydrogen-bond donors (Lipinski definition) is 0. The number of halogens is 2. The Hall–Kier alpha value is -1.66. The molecule has 2 aliphatic heterocycles. The average molecular weight is 313 g/mol. The van der Waals surface area contributed by atoms with Gasteiger partial charge in [-0.05, 0) is 35.9 Å². The van der Waals surface area contributed by atoms with Crippen molar-refractivity contribution in [1.29, 1.82) is 0 Å².